The number of esters is 2. The number of nitrogens with two attached hydrogens (primary N) is 1. The fourth-order valence-electron chi connectivity index (χ4n) is 9.21. The smallest absolute Gasteiger partial charge is 0.408 e. The van der Waals surface area contributed by atoms with Crippen molar-refractivity contribution in [1.82, 2.24) is 35.1 Å². The Morgan fingerprint density at radius 3 is 1.34 bits per heavy atom. The summed E-state index contributed by atoms with van der Waals surface area (Å²) in [6, 6.07) is 27.0. The molecule has 2 aliphatic heterocycles. The predicted octanol–water partition coefficient (Wildman–Crippen LogP) is 10.9. The number of halogens is 1. The van der Waals surface area contributed by atoms with Crippen LogP contribution in [0.3, 0.4) is 0 Å². The maximum Gasteiger partial charge on any atom is 0.408 e. The highest BCUT2D eigenvalue weighted by atomic mass is 35.5. The molecule has 3 amide bonds. The highest BCUT2D eigenvalue weighted by molar-refractivity contribution is 5.91. The van der Waals surface area contributed by atoms with Gasteiger partial charge in [0, 0.05) is 24.0 Å². The molecular weight excluding hydrogens is 1060 g/mol. The molecule has 4 heterocycles. The maximum absolute atomic E-state index is 14.0. The van der Waals surface area contributed by atoms with Crippen LogP contribution in [0, 0.1) is 10.8 Å². The Kier molecular flexibility index (Phi) is 22.5. The number of hydrogen-bond donors (Lipinski definition) is 2. The van der Waals surface area contributed by atoms with E-state index in [2.05, 4.69) is 18.5 Å². The highest BCUT2D eigenvalue weighted by Gasteiger charge is 2.48. The van der Waals surface area contributed by atoms with Gasteiger partial charge in [-0.25, -0.2) is 34.3 Å². The summed E-state index contributed by atoms with van der Waals surface area (Å²) in [6.07, 6.45) is 2.11. The van der Waals surface area contributed by atoms with Crippen LogP contribution in [0.5, 0.6) is 11.8 Å². The van der Waals surface area contributed by atoms with Gasteiger partial charge in [0.25, 0.3) is 0 Å². The van der Waals surface area contributed by atoms with Gasteiger partial charge in [0.05, 0.1) is 55.4 Å². The van der Waals surface area contributed by atoms with Crippen LogP contribution in [0.15, 0.2) is 110 Å². The second kappa shape index (κ2) is 27.7. The molecule has 0 spiro atoms. The lowest BCUT2D eigenvalue weighted by Gasteiger charge is -2.35. The van der Waals surface area contributed by atoms with Crippen molar-refractivity contribution in [1.29, 1.82) is 0 Å². The predicted molar refractivity (Wildman–Crippen MR) is 324 cm³/mol. The molecule has 2 aromatic heterocycles. The summed E-state index contributed by atoms with van der Waals surface area (Å²) >= 11 is 0. The van der Waals surface area contributed by atoms with E-state index in [9.17, 15) is 24.0 Å². The molecule has 0 saturated carbocycles. The fraction of sp³-hybridized carbons (Fsp3) is 0.413. The van der Waals surface area contributed by atoms with Gasteiger partial charge in [-0.3, -0.25) is 9.59 Å². The zero-order valence-electron chi connectivity index (χ0n) is 47.4. The van der Waals surface area contributed by atoms with Gasteiger partial charge >= 0.3 is 18.0 Å². The molecule has 19 heteroatoms. The van der Waals surface area contributed by atoms with Crippen LogP contribution in [0.2, 0.25) is 0 Å². The number of ether oxygens (including phenoxy) is 5. The van der Waals surface area contributed by atoms with Gasteiger partial charge in [0.15, 0.2) is 0 Å². The minimum absolute atomic E-state index is 0. The van der Waals surface area contributed by atoms with E-state index < -0.39 is 76.7 Å². The van der Waals surface area contributed by atoms with E-state index in [1.54, 1.807) is 32.9 Å². The molecule has 82 heavy (non-hydrogen) atoms. The SMILES string of the molecule is C.C.C=Cc1cccc(-c2nc3ccccc3nc2O[C@@H]2C[C@@H](C(=O)OC)N(C(=O)[C@@H](N)C(C)(C)C)C2)c1.C=Cc1cccc(-c2nc3ccccc3nc2O[C@@H]2C[C@@H](C(=O)OC)N(C(=O)[C@@H](NC(=O)OC(C)(C)C)C(C)(C)C)C2)c1.Cl. The summed E-state index contributed by atoms with van der Waals surface area (Å²) in [5.41, 5.74) is 11.7. The summed E-state index contributed by atoms with van der Waals surface area (Å²) < 4.78 is 28.3. The first-order valence-corrected chi connectivity index (χ1v) is 26.2. The number of hydrogen-bond acceptors (Lipinski definition) is 15. The lowest BCUT2D eigenvalue weighted by Crippen LogP contribution is -2.57. The number of nitrogens with one attached hydrogen (secondary N) is 1. The van der Waals surface area contributed by atoms with E-state index in [1.165, 1.54) is 24.0 Å². The Bertz CT molecular complexity index is 3260. The van der Waals surface area contributed by atoms with E-state index in [0.717, 1.165) is 27.8 Å². The van der Waals surface area contributed by atoms with Gasteiger partial charge in [-0.15, -0.1) is 12.4 Å². The van der Waals surface area contributed by atoms with Crippen molar-refractivity contribution in [2.24, 2.45) is 16.6 Å². The molecule has 8 rings (SSSR count). The third kappa shape index (κ3) is 15.9. The number of aromatic nitrogens is 4. The van der Waals surface area contributed by atoms with Crippen LogP contribution in [0.4, 0.5) is 4.79 Å². The van der Waals surface area contributed by atoms with Gasteiger partial charge in [-0.2, -0.15) is 0 Å². The summed E-state index contributed by atoms with van der Waals surface area (Å²) in [5.74, 6) is -1.22. The minimum Gasteiger partial charge on any atom is -0.471 e. The van der Waals surface area contributed by atoms with Crippen LogP contribution >= 0.6 is 12.4 Å². The second-order valence-electron chi connectivity index (χ2n) is 22.7. The van der Waals surface area contributed by atoms with E-state index in [-0.39, 0.29) is 65.0 Å². The Morgan fingerprint density at radius 1 is 0.598 bits per heavy atom. The van der Waals surface area contributed by atoms with Crippen molar-refractivity contribution >= 4 is 76.5 Å². The molecule has 4 aromatic carbocycles. The molecule has 0 aliphatic carbocycles. The summed E-state index contributed by atoms with van der Waals surface area (Å²) in [7, 11) is 2.58. The summed E-state index contributed by atoms with van der Waals surface area (Å²) in [5, 5.41) is 2.72. The molecule has 3 N–H and O–H groups in total. The van der Waals surface area contributed by atoms with Gasteiger partial charge in [0.1, 0.15) is 47.3 Å². The third-order valence-electron chi connectivity index (χ3n) is 13.4. The van der Waals surface area contributed by atoms with Crippen LogP contribution < -0.4 is 20.5 Å². The number of nitrogens with zero attached hydrogens (tertiary/aromatic N) is 6. The summed E-state index contributed by atoms with van der Waals surface area (Å²) in [4.78, 5) is 87.6. The van der Waals surface area contributed by atoms with Gasteiger partial charge in [0.2, 0.25) is 23.6 Å². The monoisotopic (exact) mass is 1140 g/mol. The number of likely N-dealkylation sites (tertiary alicyclic amines) is 2. The average Bonchev–Trinajstić information content (AvgIpc) is 4.12. The molecule has 6 aromatic rings. The van der Waals surface area contributed by atoms with E-state index in [4.69, 9.17) is 49.4 Å². The topological polar surface area (TPSA) is 228 Å². The number of fused-ring (bicyclic) bond motifs is 2. The van der Waals surface area contributed by atoms with Crippen LogP contribution in [0.25, 0.3) is 56.7 Å². The van der Waals surface area contributed by atoms with Crippen molar-refractivity contribution in [3.8, 4) is 34.3 Å². The molecule has 6 atom stereocenters. The normalized spacial score (nSPS) is 17.5. The number of carbonyl (C=O) groups excluding carboxylic acids is 5. The number of benzene rings is 4. The average molecular weight is 1150 g/mol. The quantitative estimate of drug-likeness (QED) is 0.0810. The Balaban J connectivity index is 0.000000345. The van der Waals surface area contributed by atoms with Crippen LogP contribution in [0.1, 0.15) is 101 Å². The molecule has 440 valence electrons. The molecule has 2 saturated heterocycles. The Labute approximate surface area is 488 Å². The molecule has 0 unspecified atom stereocenters. The van der Waals surface area contributed by atoms with Gasteiger partial charge < -0.3 is 44.5 Å². The molecule has 0 radical (unpaired) electrons. The lowest BCUT2D eigenvalue weighted by atomic mass is 9.85. The minimum atomic E-state index is -0.981. The van der Waals surface area contributed by atoms with Crippen molar-refractivity contribution in [3.63, 3.8) is 0 Å². The number of amides is 3. The second-order valence-corrected chi connectivity index (χ2v) is 22.7. The van der Waals surface area contributed by atoms with E-state index in [0.29, 0.717) is 33.8 Å². The molecule has 2 aliphatic rings. The number of rotatable bonds is 13. The van der Waals surface area contributed by atoms with E-state index >= 15 is 0 Å². The van der Waals surface area contributed by atoms with Crippen molar-refractivity contribution in [2.75, 3.05) is 27.3 Å². The number of para-hydroxylation sites is 4. The van der Waals surface area contributed by atoms with Crippen molar-refractivity contribution in [2.45, 2.75) is 132 Å². The molecule has 18 nitrogen and oxygen atoms in total. The maximum atomic E-state index is 14.0. The number of methoxy groups -OCH3 is 2. The molecule has 0 bridgehead atoms. The van der Waals surface area contributed by atoms with Crippen molar-refractivity contribution < 1.29 is 47.7 Å². The number of carbonyl (C=O) groups is 5. The van der Waals surface area contributed by atoms with E-state index in [1.807, 2.05) is 139 Å². The van der Waals surface area contributed by atoms with Crippen LogP contribution in [-0.2, 0) is 33.4 Å². The standard InChI is InChI=1S/C33H40N4O6.C28H32N4O4.2CH4.ClH/c1-9-20-13-12-14-21(17-20)26-28(35-24-16-11-10-15-23(24)34-26)42-22-18-25(30(39)41-8)37(19-22)29(38)27(32(2,3)4)36-31(40)43-33(5,6)7;1-6-17-10-9-11-18(14-17)23-25(31-21-13-8-7-12-20(21)30-23)36-19-15-22(27(34)35-5)32(16-19)26(33)24(29)28(2,3)4;;;/h9-17,22,25,27H,1,18-19H2,2-8H3,(H,36,40);6-14,19,22,24H,1,15-16,29H2,2-5H3;2*1H4;1H/t22-,25+,27-;19-,22+,24-;;;/m11.../s1. The Morgan fingerprint density at radius 2 is 0.988 bits per heavy atom. The highest BCUT2D eigenvalue weighted by Crippen LogP contribution is 2.36. The molecular formula is C63H81ClN8O10. The zero-order valence-corrected chi connectivity index (χ0v) is 48.2. The lowest BCUT2D eigenvalue weighted by molar-refractivity contribution is -0.152. The van der Waals surface area contributed by atoms with Crippen molar-refractivity contribution in [3.05, 3.63) is 121 Å². The van der Waals surface area contributed by atoms with Gasteiger partial charge in [-0.1, -0.05) is 142 Å². The van der Waals surface area contributed by atoms with Crippen LogP contribution in [-0.4, -0.2) is 129 Å². The first kappa shape index (κ1) is 66.6. The summed E-state index contributed by atoms with van der Waals surface area (Å²) in [6.45, 7) is 24.4. The fourth-order valence-corrected chi connectivity index (χ4v) is 9.21. The van der Waals surface area contributed by atoms with Gasteiger partial charge in [-0.05, 0) is 79.1 Å². The molecule has 2 fully saturated rings. The largest absolute Gasteiger partial charge is 0.471 e. The first-order valence-electron chi connectivity index (χ1n) is 26.2. The zero-order chi connectivity index (χ0) is 57.6. The first-order chi connectivity index (χ1) is 37.3. The third-order valence-corrected chi connectivity index (χ3v) is 13.4. The Hall–Kier alpha value is -7.96. The number of alkyl carbamates (subject to hydrolysis) is 1.